The third kappa shape index (κ3) is 3.62. The van der Waals surface area contributed by atoms with E-state index in [-0.39, 0.29) is 5.41 Å². The summed E-state index contributed by atoms with van der Waals surface area (Å²) in [7, 11) is 0. The number of hydrogen-bond donors (Lipinski definition) is 0. The first-order valence-corrected chi connectivity index (χ1v) is 10.6. The zero-order chi connectivity index (χ0) is 19.8. The summed E-state index contributed by atoms with van der Waals surface area (Å²) in [5, 5.41) is 8.84. The lowest BCUT2D eigenvalue weighted by molar-refractivity contribution is -0.138. The number of hydrogen-bond acceptors (Lipinski definition) is 4. The maximum absolute atomic E-state index is 13.1. The molecule has 4 fully saturated rings. The Morgan fingerprint density at radius 3 is 2.34 bits per heavy atom. The number of allylic oxidation sites excluding steroid dienone is 1. The molecule has 148 valence electrons. The Kier molecular flexibility index (Phi) is 4.54. The van der Waals surface area contributed by atoms with Gasteiger partial charge in [0.25, 0.3) is 0 Å². The van der Waals surface area contributed by atoms with Gasteiger partial charge in [-0.3, -0.25) is 4.79 Å². The van der Waals surface area contributed by atoms with E-state index in [1.54, 1.807) is 30.3 Å². The van der Waals surface area contributed by atoms with Crippen molar-refractivity contribution in [1.82, 2.24) is 0 Å². The number of rotatable bonds is 6. The lowest BCUT2D eigenvalue weighted by Crippen LogP contribution is -2.49. The first-order chi connectivity index (χ1) is 14.1. The van der Waals surface area contributed by atoms with Crippen LogP contribution in [0.1, 0.15) is 55.6 Å². The van der Waals surface area contributed by atoms with Crippen molar-refractivity contribution in [2.75, 3.05) is 0 Å². The van der Waals surface area contributed by atoms with E-state index in [0.717, 1.165) is 37.0 Å². The third-order valence-electron chi connectivity index (χ3n) is 7.01. The van der Waals surface area contributed by atoms with Crippen molar-refractivity contribution in [2.24, 2.45) is 23.2 Å². The van der Waals surface area contributed by atoms with Gasteiger partial charge in [0.05, 0.1) is 11.6 Å². The van der Waals surface area contributed by atoms with Crippen molar-refractivity contribution in [3.05, 3.63) is 59.6 Å². The summed E-state index contributed by atoms with van der Waals surface area (Å²) in [5.74, 6) is 4.69. The lowest BCUT2D eigenvalue weighted by Gasteiger charge is -2.55. The number of carbonyl (C=O) groups excluding carboxylic acids is 1. The van der Waals surface area contributed by atoms with Crippen LogP contribution in [0.15, 0.2) is 46.9 Å². The van der Waals surface area contributed by atoms with Crippen LogP contribution in [0, 0.1) is 34.5 Å². The van der Waals surface area contributed by atoms with Crippen molar-refractivity contribution in [3.63, 3.8) is 0 Å². The van der Waals surface area contributed by atoms with Gasteiger partial charge in [-0.15, -0.1) is 0 Å². The van der Waals surface area contributed by atoms with E-state index in [4.69, 9.17) is 14.4 Å². The normalized spacial score (nSPS) is 29.8. The second-order valence-electron chi connectivity index (χ2n) is 9.12. The molecule has 1 aromatic heterocycles. The molecule has 4 bridgehead atoms. The van der Waals surface area contributed by atoms with Gasteiger partial charge in [-0.25, -0.2) is 0 Å². The summed E-state index contributed by atoms with van der Waals surface area (Å²) in [6.07, 6.45) is 10.9. The third-order valence-corrected chi connectivity index (χ3v) is 7.01. The number of nitrogens with zero attached hydrogens (tertiary/aromatic N) is 1. The molecule has 0 unspecified atom stereocenters. The molecule has 0 atom stereocenters. The second-order valence-corrected chi connectivity index (χ2v) is 9.12. The molecule has 0 saturated heterocycles. The molecule has 0 spiro atoms. The zero-order valence-electron chi connectivity index (χ0n) is 16.5. The van der Waals surface area contributed by atoms with Crippen LogP contribution in [-0.2, 0) is 11.4 Å². The first kappa shape index (κ1) is 18.2. The molecule has 0 aliphatic heterocycles. The highest BCUT2D eigenvalue weighted by atomic mass is 16.5. The molecule has 4 saturated carbocycles. The van der Waals surface area contributed by atoms with Crippen molar-refractivity contribution in [1.29, 1.82) is 5.26 Å². The van der Waals surface area contributed by atoms with E-state index in [1.165, 1.54) is 19.3 Å². The molecule has 4 heteroatoms. The predicted octanol–water partition coefficient (Wildman–Crippen LogP) is 5.53. The molecule has 0 radical (unpaired) electrons. The Labute approximate surface area is 171 Å². The summed E-state index contributed by atoms with van der Waals surface area (Å²) in [4.78, 5) is 13.1. The maximum atomic E-state index is 13.1. The van der Waals surface area contributed by atoms with E-state index >= 15 is 0 Å². The molecule has 4 aliphatic rings. The number of ketones is 1. The van der Waals surface area contributed by atoms with Gasteiger partial charge in [0.2, 0.25) is 0 Å². The van der Waals surface area contributed by atoms with Gasteiger partial charge in [-0.05, 0) is 105 Å². The van der Waals surface area contributed by atoms with Crippen LogP contribution in [0.5, 0.6) is 5.75 Å². The summed E-state index contributed by atoms with van der Waals surface area (Å²) < 4.78 is 11.5. The first-order valence-electron chi connectivity index (χ1n) is 10.6. The highest BCUT2D eigenvalue weighted by Crippen LogP contribution is 2.60. The lowest BCUT2D eigenvalue weighted by atomic mass is 9.48. The predicted molar refractivity (Wildman–Crippen MR) is 109 cm³/mol. The SMILES string of the molecule is N#Cc1ccc(OCc2ccc(/C=C/C(=O)C34CC5CC(CC(C5)C3)C4)o2)cc1. The van der Waals surface area contributed by atoms with Gasteiger partial charge in [0, 0.05) is 5.41 Å². The smallest absolute Gasteiger partial charge is 0.161 e. The average Bonchev–Trinajstić information content (AvgIpc) is 3.18. The Bertz CT molecular complexity index is 941. The number of ether oxygens (including phenoxy) is 1. The van der Waals surface area contributed by atoms with Crippen LogP contribution in [0.3, 0.4) is 0 Å². The highest BCUT2D eigenvalue weighted by Gasteiger charge is 2.53. The number of benzene rings is 1. The van der Waals surface area contributed by atoms with E-state index in [1.807, 2.05) is 18.2 Å². The summed E-state index contributed by atoms with van der Waals surface area (Å²) in [6.45, 7) is 0.308. The molecule has 0 N–H and O–H groups in total. The van der Waals surface area contributed by atoms with Crippen molar-refractivity contribution < 1.29 is 13.9 Å². The van der Waals surface area contributed by atoms with Gasteiger partial charge in [0.1, 0.15) is 23.9 Å². The summed E-state index contributed by atoms with van der Waals surface area (Å²) >= 11 is 0. The van der Waals surface area contributed by atoms with E-state index in [2.05, 4.69) is 6.07 Å². The Balaban J connectivity index is 1.20. The fourth-order valence-electron chi connectivity index (χ4n) is 6.09. The van der Waals surface area contributed by atoms with Crippen LogP contribution < -0.4 is 4.74 Å². The maximum Gasteiger partial charge on any atom is 0.161 e. The standard InChI is InChI=1S/C25H25NO3/c26-15-17-1-3-21(4-2-17)28-16-23-6-5-22(29-23)7-8-24(27)25-12-18-9-19(13-25)11-20(10-18)14-25/h1-8,18-20H,9-14,16H2/b8-7+. The van der Waals surface area contributed by atoms with Gasteiger partial charge in [0.15, 0.2) is 5.78 Å². The van der Waals surface area contributed by atoms with Crippen molar-refractivity contribution in [2.45, 2.75) is 45.1 Å². The summed E-state index contributed by atoms with van der Waals surface area (Å²) in [6, 6.07) is 12.8. The number of nitriles is 1. The molecule has 29 heavy (non-hydrogen) atoms. The zero-order valence-corrected chi connectivity index (χ0v) is 16.5. The molecule has 2 aromatic rings. The molecule has 6 rings (SSSR count). The molecule has 1 aromatic carbocycles. The topological polar surface area (TPSA) is 63.2 Å². The van der Waals surface area contributed by atoms with E-state index in [0.29, 0.717) is 35.2 Å². The Morgan fingerprint density at radius 1 is 1.07 bits per heavy atom. The Hall–Kier alpha value is -2.80. The van der Waals surface area contributed by atoms with Crippen LogP contribution >= 0.6 is 0 Å². The van der Waals surface area contributed by atoms with E-state index in [9.17, 15) is 4.79 Å². The molecular formula is C25H25NO3. The molecule has 4 nitrogen and oxygen atoms in total. The fourth-order valence-corrected chi connectivity index (χ4v) is 6.09. The largest absolute Gasteiger partial charge is 0.486 e. The molecular weight excluding hydrogens is 362 g/mol. The number of furan rings is 1. The van der Waals surface area contributed by atoms with Crippen LogP contribution in [0.25, 0.3) is 6.08 Å². The Morgan fingerprint density at radius 2 is 1.72 bits per heavy atom. The van der Waals surface area contributed by atoms with Crippen molar-refractivity contribution in [3.8, 4) is 11.8 Å². The van der Waals surface area contributed by atoms with E-state index < -0.39 is 0 Å². The van der Waals surface area contributed by atoms with Crippen molar-refractivity contribution >= 4 is 11.9 Å². The van der Waals surface area contributed by atoms with Gasteiger partial charge in [-0.2, -0.15) is 5.26 Å². The minimum absolute atomic E-state index is 0.0978. The molecule has 0 amide bonds. The fraction of sp³-hybridized carbons (Fsp3) is 0.440. The molecule has 1 heterocycles. The van der Waals surface area contributed by atoms with Gasteiger partial charge < -0.3 is 9.15 Å². The minimum atomic E-state index is -0.0978. The minimum Gasteiger partial charge on any atom is -0.486 e. The van der Waals surface area contributed by atoms with Gasteiger partial charge >= 0.3 is 0 Å². The number of carbonyl (C=O) groups is 1. The second kappa shape index (κ2) is 7.22. The monoisotopic (exact) mass is 387 g/mol. The quantitative estimate of drug-likeness (QED) is 0.612. The molecule has 4 aliphatic carbocycles. The average molecular weight is 387 g/mol. The highest BCUT2D eigenvalue weighted by molar-refractivity contribution is 5.98. The summed E-state index contributed by atoms with van der Waals surface area (Å²) in [5.41, 5.74) is 0.505. The van der Waals surface area contributed by atoms with Crippen LogP contribution in [-0.4, -0.2) is 5.78 Å². The van der Waals surface area contributed by atoms with Crippen LogP contribution in [0.2, 0.25) is 0 Å². The van der Waals surface area contributed by atoms with Gasteiger partial charge in [-0.1, -0.05) is 0 Å². The van der Waals surface area contributed by atoms with Crippen LogP contribution in [0.4, 0.5) is 0 Å².